The number of hydrogen-bond donors (Lipinski definition) is 1. The van der Waals surface area contributed by atoms with E-state index in [1.165, 1.54) is 49.0 Å². The Labute approximate surface area is 134 Å². The van der Waals surface area contributed by atoms with Crippen molar-refractivity contribution in [1.82, 2.24) is 0 Å². The van der Waals surface area contributed by atoms with Crippen LogP contribution in [0.1, 0.15) is 43.4 Å². The van der Waals surface area contributed by atoms with Gasteiger partial charge in [-0.1, -0.05) is 18.4 Å². The van der Waals surface area contributed by atoms with Crippen LogP contribution in [0.3, 0.4) is 0 Å². The van der Waals surface area contributed by atoms with Gasteiger partial charge in [0.15, 0.2) is 0 Å². The maximum atomic E-state index is 11.0. The molecule has 118 valence electrons. The van der Waals surface area contributed by atoms with Gasteiger partial charge in [-0.3, -0.25) is 0 Å². The molecule has 6 heteroatoms. The van der Waals surface area contributed by atoms with E-state index in [0.29, 0.717) is 0 Å². The quantitative estimate of drug-likeness (QED) is 0.853. The second kappa shape index (κ2) is 6.40. The fraction of sp³-hybridized carbons (Fsp3) is 0.375. The summed E-state index contributed by atoms with van der Waals surface area (Å²) in [6, 6.07) is 7.35. The Kier molecular flexibility index (Phi) is 4.52. The summed E-state index contributed by atoms with van der Waals surface area (Å²) < 4.78 is 27.7. The Morgan fingerprint density at radius 3 is 2.50 bits per heavy atom. The van der Waals surface area contributed by atoms with E-state index in [0.717, 1.165) is 10.1 Å². The van der Waals surface area contributed by atoms with Crippen LogP contribution in [-0.4, -0.2) is 8.42 Å². The molecule has 2 aromatic rings. The van der Waals surface area contributed by atoms with Crippen LogP contribution < -0.4 is 9.32 Å². The van der Waals surface area contributed by atoms with Gasteiger partial charge in [0.2, 0.25) is 0 Å². The van der Waals surface area contributed by atoms with Gasteiger partial charge in [0, 0.05) is 9.58 Å². The van der Waals surface area contributed by atoms with Crippen molar-refractivity contribution in [3.8, 4) is 5.75 Å². The molecule has 2 N–H and O–H groups in total. The standard InChI is InChI=1S/C16H19NO3S2/c17-22(18,19)20-14-8-7-13-10-15(21-16(13)11-14)9-12-5-3-1-2-4-6-12/h7-11H,1-6H2,(H2,17,18,19). The Bertz CT molecular complexity index is 796. The van der Waals surface area contributed by atoms with E-state index in [2.05, 4.69) is 12.1 Å². The monoisotopic (exact) mass is 337 g/mol. The molecule has 3 rings (SSSR count). The number of allylic oxidation sites excluding steroid dienone is 1. The zero-order chi connectivity index (χ0) is 15.6. The lowest BCUT2D eigenvalue weighted by atomic mass is 10.1. The van der Waals surface area contributed by atoms with E-state index in [1.807, 2.05) is 6.07 Å². The average molecular weight is 337 g/mol. The van der Waals surface area contributed by atoms with Crippen molar-refractivity contribution in [2.75, 3.05) is 0 Å². The highest BCUT2D eigenvalue weighted by atomic mass is 32.2. The highest BCUT2D eigenvalue weighted by Crippen LogP contribution is 2.32. The largest absolute Gasteiger partial charge is 0.380 e. The molecule has 0 amide bonds. The minimum atomic E-state index is -3.97. The molecule has 0 radical (unpaired) electrons. The second-order valence-corrected chi connectivity index (χ2v) is 7.91. The van der Waals surface area contributed by atoms with E-state index in [9.17, 15) is 8.42 Å². The Balaban J connectivity index is 1.87. The van der Waals surface area contributed by atoms with Crippen molar-refractivity contribution in [3.63, 3.8) is 0 Å². The third kappa shape index (κ3) is 4.09. The van der Waals surface area contributed by atoms with E-state index in [4.69, 9.17) is 9.32 Å². The Hall–Kier alpha value is -1.37. The van der Waals surface area contributed by atoms with E-state index < -0.39 is 10.3 Å². The summed E-state index contributed by atoms with van der Waals surface area (Å²) in [7, 11) is -3.97. The first-order valence-corrected chi connectivity index (χ1v) is 9.74. The molecule has 0 atom stereocenters. The lowest BCUT2D eigenvalue weighted by Gasteiger charge is -2.01. The third-order valence-corrected chi connectivity index (χ3v) is 5.28. The number of benzene rings is 1. The van der Waals surface area contributed by atoms with Gasteiger partial charge >= 0.3 is 10.3 Å². The maximum absolute atomic E-state index is 11.0. The van der Waals surface area contributed by atoms with Crippen molar-refractivity contribution in [3.05, 3.63) is 34.7 Å². The van der Waals surface area contributed by atoms with Gasteiger partial charge in [-0.05, 0) is 61.4 Å². The molecule has 4 nitrogen and oxygen atoms in total. The first-order chi connectivity index (χ1) is 10.5. The number of thiophene rings is 1. The van der Waals surface area contributed by atoms with Crippen LogP contribution in [0.4, 0.5) is 0 Å². The molecule has 1 aliphatic carbocycles. The predicted octanol–water partition coefficient (Wildman–Crippen LogP) is 4.22. The lowest BCUT2D eigenvalue weighted by Crippen LogP contribution is -2.18. The normalized spacial score (nSPS) is 16.5. The maximum Gasteiger partial charge on any atom is 0.380 e. The highest BCUT2D eigenvalue weighted by Gasteiger charge is 2.09. The van der Waals surface area contributed by atoms with Gasteiger partial charge in [-0.25, -0.2) is 0 Å². The zero-order valence-electron chi connectivity index (χ0n) is 12.2. The minimum absolute atomic E-state index is 0.255. The summed E-state index contributed by atoms with van der Waals surface area (Å²) in [6.07, 6.45) is 9.89. The van der Waals surface area contributed by atoms with Gasteiger partial charge < -0.3 is 4.18 Å². The van der Waals surface area contributed by atoms with Crippen LogP contribution in [0, 0.1) is 0 Å². The molecule has 0 unspecified atom stereocenters. The van der Waals surface area contributed by atoms with Gasteiger partial charge in [0.25, 0.3) is 0 Å². The van der Waals surface area contributed by atoms with Crippen molar-refractivity contribution < 1.29 is 12.6 Å². The van der Waals surface area contributed by atoms with Crippen LogP contribution in [0.25, 0.3) is 16.2 Å². The summed E-state index contributed by atoms with van der Waals surface area (Å²) in [5, 5.41) is 5.99. The second-order valence-electron chi connectivity index (χ2n) is 5.64. The lowest BCUT2D eigenvalue weighted by molar-refractivity contribution is 0.488. The highest BCUT2D eigenvalue weighted by molar-refractivity contribution is 7.84. The SMILES string of the molecule is NS(=O)(=O)Oc1ccc2cc(C=C3CCCCCC3)sc2c1. The van der Waals surface area contributed by atoms with Crippen molar-refractivity contribution >= 4 is 37.8 Å². The summed E-state index contributed by atoms with van der Waals surface area (Å²) in [5.74, 6) is 0.255. The van der Waals surface area contributed by atoms with Crippen LogP contribution >= 0.6 is 11.3 Å². The molecule has 22 heavy (non-hydrogen) atoms. The zero-order valence-corrected chi connectivity index (χ0v) is 13.9. The fourth-order valence-corrected chi connectivity index (χ4v) is 4.27. The first kappa shape index (κ1) is 15.5. The topological polar surface area (TPSA) is 69.4 Å². The smallest absolute Gasteiger partial charge is 0.371 e. The molecule has 1 aromatic carbocycles. The Morgan fingerprint density at radius 1 is 1.09 bits per heavy atom. The molecule has 0 bridgehead atoms. The number of hydrogen-bond acceptors (Lipinski definition) is 4. The van der Waals surface area contributed by atoms with Crippen molar-refractivity contribution in [2.45, 2.75) is 38.5 Å². The predicted molar refractivity (Wildman–Crippen MR) is 91.2 cm³/mol. The molecule has 0 spiro atoms. The van der Waals surface area contributed by atoms with Gasteiger partial charge in [0.1, 0.15) is 5.75 Å². The average Bonchev–Trinajstić information content (AvgIpc) is 2.64. The van der Waals surface area contributed by atoms with Gasteiger partial charge in [0.05, 0.1) is 0 Å². The number of nitrogens with two attached hydrogens (primary N) is 1. The number of fused-ring (bicyclic) bond motifs is 1. The summed E-state index contributed by atoms with van der Waals surface area (Å²) >= 11 is 1.65. The van der Waals surface area contributed by atoms with Crippen LogP contribution in [-0.2, 0) is 10.3 Å². The molecular formula is C16H19NO3S2. The van der Waals surface area contributed by atoms with Gasteiger partial charge in [-0.15, -0.1) is 11.3 Å². The first-order valence-electron chi connectivity index (χ1n) is 7.45. The van der Waals surface area contributed by atoms with Gasteiger partial charge in [-0.2, -0.15) is 13.6 Å². The molecule has 0 aliphatic heterocycles. The van der Waals surface area contributed by atoms with Crippen LogP contribution in [0.15, 0.2) is 29.8 Å². The molecular weight excluding hydrogens is 318 g/mol. The molecule has 1 fully saturated rings. The van der Waals surface area contributed by atoms with Crippen LogP contribution in [0.2, 0.25) is 0 Å². The fourth-order valence-electron chi connectivity index (χ4n) is 2.82. The summed E-state index contributed by atoms with van der Waals surface area (Å²) in [6.45, 7) is 0. The third-order valence-electron chi connectivity index (χ3n) is 3.82. The summed E-state index contributed by atoms with van der Waals surface area (Å²) in [4.78, 5) is 1.21. The summed E-state index contributed by atoms with van der Waals surface area (Å²) in [5.41, 5.74) is 1.52. The minimum Gasteiger partial charge on any atom is -0.371 e. The number of rotatable bonds is 3. The molecule has 0 saturated heterocycles. The van der Waals surface area contributed by atoms with Crippen molar-refractivity contribution in [1.29, 1.82) is 0 Å². The molecule has 1 aromatic heterocycles. The van der Waals surface area contributed by atoms with Crippen LogP contribution in [0.5, 0.6) is 5.75 Å². The Morgan fingerprint density at radius 2 is 1.82 bits per heavy atom. The van der Waals surface area contributed by atoms with E-state index in [-0.39, 0.29) is 5.75 Å². The molecule has 1 aliphatic rings. The van der Waals surface area contributed by atoms with Crippen molar-refractivity contribution in [2.24, 2.45) is 5.14 Å². The van der Waals surface area contributed by atoms with E-state index in [1.54, 1.807) is 23.5 Å². The molecule has 1 saturated carbocycles. The molecule has 1 heterocycles. The van der Waals surface area contributed by atoms with E-state index >= 15 is 0 Å².